The summed E-state index contributed by atoms with van der Waals surface area (Å²) in [5, 5.41) is 5.99. The van der Waals surface area contributed by atoms with Gasteiger partial charge in [-0.05, 0) is 31.2 Å². The summed E-state index contributed by atoms with van der Waals surface area (Å²) in [6.45, 7) is 1.69. The predicted octanol–water partition coefficient (Wildman–Crippen LogP) is 1.92. The number of hydrogen-bond donors (Lipinski definition) is 1. The maximum Gasteiger partial charge on any atom is 0.231 e. The van der Waals surface area contributed by atoms with Crippen molar-refractivity contribution in [3.8, 4) is 0 Å². The highest BCUT2D eigenvalue weighted by Crippen LogP contribution is 2.14. The van der Waals surface area contributed by atoms with Gasteiger partial charge in [0.2, 0.25) is 11.8 Å². The second-order valence-corrected chi connectivity index (χ2v) is 6.51. The molecule has 21 heavy (non-hydrogen) atoms. The maximum absolute atomic E-state index is 12.8. The number of rotatable bonds is 5. The van der Waals surface area contributed by atoms with Gasteiger partial charge >= 0.3 is 0 Å². The minimum absolute atomic E-state index is 0.0211. The van der Waals surface area contributed by atoms with E-state index in [0.29, 0.717) is 5.69 Å². The topological polar surface area (TPSA) is 89.3 Å². The number of aromatic nitrogens is 1. The number of hydrogen-bond acceptors (Lipinski definition) is 5. The molecule has 2 rings (SSSR count). The van der Waals surface area contributed by atoms with E-state index in [1.165, 1.54) is 18.2 Å². The van der Waals surface area contributed by atoms with E-state index in [1.54, 1.807) is 6.92 Å². The second kappa shape index (κ2) is 6.04. The smallest absolute Gasteiger partial charge is 0.231 e. The molecular weight excluding hydrogens is 299 g/mol. The van der Waals surface area contributed by atoms with Crippen LogP contribution in [0.15, 0.2) is 39.8 Å². The number of carbonyl (C=O) groups excluding carboxylic acids is 1. The standard InChI is InChI=1S/C13H13FN2O4S/c1-9-8-13(20-16-9)15-12(17)6-7-21(18,19)11-4-2-10(14)3-5-11/h2-5,8H,6-7H2,1H3,(H,15,17). The zero-order valence-electron chi connectivity index (χ0n) is 11.2. The van der Waals surface area contributed by atoms with Crippen molar-refractivity contribution in [1.82, 2.24) is 5.16 Å². The first-order valence-electron chi connectivity index (χ1n) is 6.08. The van der Waals surface area contributed by atoms with Crippen molar-refractivity contribution in [2.24, 2.45) is 0 Å². The molecule has 1 heterocycles. The largest absolute Gasteiger partial charge is 0.338 e. The molecule has 0 bridgehead atoms. The Morgan fingerprint density at radius 1 is 1.33 bits per heavy atom. The summed E-state index contributed by atoms with van der Waals surface area (Å²) in [5.41, 5.74) is 0.601. The Morgan fingerprint density at radius 2 is 2.00 bits per heavy atom. The average Bonchev–Trinajstić information content (AvgIpc) is 2.82. The third-order valence-electron chi connectivity index (χ3n) is 2.66. The number of anilines is 1. The Kier molecular flexibility index (Phi) is 4.37. The lowest BCUT2D eigenvalue weighted by Crippen LogP contribution is -2.17. The van der Waals surface area contributed by atoms with Crippen LogP contribution in [0.25, 0.3) is 0 Å². The highest BCUT2D eigenvalue weighted by molar-refractivity contribution is 7.91. The number of aryl methyl sites for hydroxylation is 1. The van der Waals surface area contributed by atoms with Crippen molar-refractivity contribution < 1.29 is 22.1 Å². The Labute approximate surface area is 120 Å². The Hall–Kier alpha value is -2.22. The quantitative estimate of drug-likeness (QED) is 0.852. The van der Waals surface area contributed by atoms with Crippen LogP contribution in [0, 0.1) is 12.7 Å². The molecule has 0 fully saturated rings. The van der Waals surface area contributed by atoms with Crippen LogP contribution in [0.5, 0.6) is 0 Å². The Balaban J connectivity index is 1.95. The fourth-order valence-corrected chi connectivity index (χ4v) is 2.85. The van der Waals surface area contributed by atoms with Crippen molar-refractivity contribution in [2.75, 3.05) is 11.1 Å². The summed E-state index contributed by atoms with van der Waals surface area (Å²) in [4.78, 5) is 11.6. The van der Waals surface area contributed by atoms with Gasteiger partial charge in [-0.15, -0.1) is 0 Å². The summed E-state index contributed by atoms with van der Waals surface area (Å²) >= 11 is 0. The van der Waals surface area contributed by atoms with Gasteiger partial charge in [0.25, 0.3) is 0 Å². The van der Waals surface area contributed by atoms with Gasteiger partial charge in [0.1, 0.15) is 5.82 Å². The number of carbonyl (C=O) groups is 1. The molecular formula is C13H13FN2O4S. The molecule has 0 aliphatic rings. The average molecular weight is 312 g/mol. The van der Waals surface area contributed by atoms with Gasteiger partial charge in [-0.25, -0.2) is 12.8 Å². The molecule has 0 saturated carbocycles. The first-order valence-corrected chi connectivity index (χ1v) is 7.73. The normalized spacial score (nSPS) is 11.3. The van der Waals surface area contributed by atoms with Crippen LogP contribution in [-0.2, 0) is 14.6 Å². The van der Waals surface area contributed by atoms with E-state index >= 15 is 0 Å². The van der Waals surface area contributed by atoms with Crippen molar-refractivity contribution in [2.45, 2.75) is 18.2 Å². The van der Waals surface area contributed by atoms with E-state index < -0.39 is 21.6 Å². The van der Waals surface area contributed by atoms with Crippen molar-refractivity contribution in [1.29, 1.82) is 0 Å². The molecule has 112 valence electrons. The third kappa shape index (κ3) is 4.12. The monoisotopic (exact) mass is 312 g/mol. The lowest BCUT2D eigenvalue weighted by Gasteiger charge is -2.04. The van der Waals surface area contributed by atoms with Gasteiger partial charge in [0, 0.05) is 12.5 Å². The molecule has 0 aliphatic heterocycles. The molecule has 0 atom stereocenters. The summed E-state index contributed by atoms with van der Waals surface area (Å²) in [5.74, 6) is -1.24. The molecule has 0 aliphatic carbocycles. The van der Waals surface area contributed by atoms with Crippen LogP contribution < -0.4 is 5.32 Å². The summed E-state index contributed by atoms with van der Waals surface area (Å²) in [6, 6.07) is 5.98. The molecule has 0 saturated heterocycles. The molecule has 1 aromatic carbocycles. The fraction of sp³-hybridized carbons (Fsp3) is 0.231. The van der Waals surface area contributed by atoms with Crippen LogP contribution in [0.1, 0.15) is 12.1 Å². The number of benzene rings is 1. The van der Waals surface area contributed by atoms with Crippen molar-refractivity contribution in [3.63, 3.8) is 0 Å². The summed E-state index contributed by atoms with van der Waals surface area (Å²) < 4.78 is 41.5. The third-order valence-corrected chi connectivity index (χ3v) is 4.39. The Morgan fingerprint density at radius 3 is 2.57 bits per heavy atom. The maximum atomic E-state index is 12.8. The lowest BCUT2D eigenvalue weighted by atomic mass is 10.4. The molecule has 1 N–H and O–H groups in total. The van der Waals surface area contributed by atoms with Crippen LogP contribution in [-0.4, -0.2) is 25.2 Å². The fourth-order valence-electron chi connectivity index (χ4n) is 1.61. The Bertz CT molecular complexity index is 738. The minimum Gasteiger partial charge on any atom is -0.338 e. The molecule has 6 nitrogen and oxygen atoms in total. The minimum atomic E-state index is -3.63. The zero-order valence-corrected chi connectivity index (χ0v) is 12.0. The number of sulfone groups is 1. The molecule has 0 radical (unpaired) electrons. The van der Waals surface area contributed by atoms with E-state index in [-0.39, 0.29) is 23.0 Å². The van der Waals surface area contributed by atoms with Crippen LogP contribution in [0.4, 0.5) is 10.3 Å². The molecule has 0 unspecified atom stereocenters. The number of nitrogens with zero attached hydrogens (tertiary/aromatic N) is 1. The lowest BCUT2D eigenvalue weighted by molar-refractivity contribution is -0.115. The van der Waals surface area contributed by atoms with Gasteiger partial charge in [-0.2, -0.15) is 0 Å². The van der Waals surface area contributed by atoms with Gasteiger partial charge in [-0.1, -0.05) is 5.16 Å². The van der Waals surface area contributed by atoms with Crippen molar-refractivity contribution >= 4 is 21.6 Å². The van der Waals surface area contributed by atoms with E-state index in [4.69, 9.17) is 4.52 Å². The molecule has 8 heteroatoms. The number of halogens is 1. The van der Waals surface area contributed by atoms with Gasteiger partial charge in [0.05, 0.1) is 16.3 Å². The van der Waals surface area contributed by atoms with Gasteiger partial charge < -0.3 is 4.52 Å². The highest BCUT2D eigenvalue weighted by atomic mass is 32.2. The second-order valence-electron chi connectivity index (χ2n) is 4.40. The van der Waals surface area contributed by atoms with E-state index in [2.05, 4.69) is 10.5 Å². The first kappa shape index (κ1) is 15.2. The van der Waals surface area contributed by atoms with E-state index in [9.17, 15) is 17.6 Å². The van der Waals surface area contributed by atoms with Crippen LogP contribution >= 0.6 is 0 Å². The predicted molar refractivity (Wildman–Crippen MR) is 72.9 cm³/mol. The number of amides is 1. The molecule has 2 aromatic rings. The highest BCUT2D eigenvalue weighted by Gasteiger charge is 2.17. The van der Waals surface area contributed by atoms with E-state index in [0.717, 1.165) is 12.1 Å². The molecule has 0 spiro atoms. The van der Waals surface area contributed by atoms with Crippen LogP contribution in [0.3, 0.4) is 0 Å². The van der Waals surface area contributed by atoms with Gasteiger partial charge in [-0.3, -0.25) is 10.1 Å². The molecule has 1 amide bonds. The molecule has 1 aromatic heterocycles. The van der Waals surface area contributed by atoms with Gasteiger partial charge in [0.15, 0.2) is 9.84 Å². The van der Waals surface area contributed by atoms with Crippen molar-refractivity contribution in [3.05, 3.63) is 41.8 Å². The van der Waals surface area contributed by atoms with Crippen LogP contribution in [0.2, 0.25) is 0 Å². The summed E-state index contributed by atoms with van der Waals surface area (Å²) in [7, 11) is -3.63. The zero-order chi connectivity index (χ0) is 15.5. The summed E-state index contributed by atoms with van der Waals surface area (Å²) in [6.07, 6.45) is -0.237. The number of nitrogens with one attached hydrogen (secondary N) is 1. The SMILES string of the molecule is Cc1cc(NC(=O)CCS(=O)(=O)c2ccc(F)cc2)on1. The van der Waals surface area contributed by atoms with E-state index in [1.807, 2.05) is 0 Å². The first-order chi connectivity index (χ1) is 9.87.